The molecule has 1 heterocycles. The number of carbonyl (C=O) groups excluding carboxylic acids is 2. The van der Waals surface area contributed by atoms with E-state index in [-0.39, 0.29) is 25.1 Å². The molecule has 1 aromatic rings. The second-order valence-corrected chi connectivity index (χ2v) is 7.03. The first kappa shape index (κ1) is 23.0. The normalized spacial score (nSPS) is 17.9. The Morgan fingerprint density at radius 1 is 1.07 bits per heavy atom. The predicted octanol–water partition coefficient (Wildman–Crippen LogP) is 4.49. The van der Waals surface area contributed by atoms with Gasteiger partial charge in [-0.05, 0) is 37.5 Å². The molecule has 0 radical (unpaired) electrons. The van der Waals surface area contributed by atoms with E-state index in [1.165, 1.54) is 0 Å². The molecule has 1 fully saturated rings. The fourth-order valence-corrected chi connectivity index (χ4v) is 3.17. The van der Waals surface area contributed by atoms with Gasteiger partial charge in [-0.25, -0.2) is 0 Å². The van der Waals surface area contributed by atoms with Gasteiger partial charge in [0.2, 0.25) is 5.91 Å². The maximum absolute atomic E-state index is 13.0. The fraction of sp³-hybridized carbons (Fsp3) is 0.579. The third-order valence-corrected chi connectivity index (χ3v) is 4.74. The van der Waals surface area contributed by atoms with Crippen LogP contribution in [-0.2, 0) is 17.1 Å². The van der Waals surface area contributed by atoms with Gasteiger partial charge >= 0.3 is 12.4 Å². The molecule has 1 aromatic carbocycles. The van der Waals surface area contributed by atoms with Gasteiger partial charge in [0.1, 0.15) is 0 Å². The Morgan fingerprint density at radius 3 is 2.17 bits per heavy atom. The average Bonchev–Trinajstić information content (AvgIpc) is 2.66. The smallest absolute Gasteiger partial charge is 0.356 e. The highest BCUT2D eigenvalue weighted by Gasteiger charge is 2.38. The van der Waals surface area contributed by atoms with E-state index in [0.717, 1.165) is 17.7 Å². The van der Waals surface area contributed by atoms with Crippen LogP contribution in [0.2, 0.25) is 0 Å². The zero-order valence-electron chi connectivity index (χ0n) is 15.8. The Kier molecular flexibility index (Phi) is 7.18. The molecule has 1 saturated heterocycles. The SMILES string of the molecule is CCCCNC(=O)C1CCCN(C(=O)c2cc(C(F)(F)F)cc(C(F)(F)F)c2)C1. The second kappa shape index (κ2) is 9.04. The Balaban J connectivity index is 2.23. The summed E-state index contributed by atoms with van der Waals surface area (Å²) in [6, 6.07) is 0.821. The summed E-state index contributed by atoms with van der Waals surface area (Å²) in [4.78, 5) is 26.0. The Bertz CT molecular complexity index is 713. The van der Waals surface area contributed by atoms with Crippen molar-refractivity contribution in [3.05, 3.63) is 34.9 Å². The molecule has 1 N–H and O–H groups in total. The predicted molar refractivity (Wildman–Crippen MR) is 93.0 cm³/mol. The molecule has 10 heteroatoms. The summed E-state index contributed by atoms with van der Waals surface area (Å²) in [5, 5.41) is 2.74. The van der Waals surface area contributed by atoms with Gasteiger partial charge in [0.25, 0.3) is 5.91 Å². The summed E-state index contributed by atoms with van der Waals surface area (Å²) in [5.74, 6) is -1.76. The summed E-state index contributed by atoms with van der Waals surface area (Å²) in [7, 11) is 0. The number of alkyl halides is 6. The van der Waals surface area contributed by atoms with Crippen LogP contribution in [0.4, 0.5) is 26.3 Å². The van der Waals surface area contributed by atoms with E-state index in [9.17, 15) is 35.9 Å². The number of benzene rings is 1. The van der Waals surface area contributed by atoms with Gasteiger partial charge in [-0.2, -0.15) is 26.3 Å². The summed E-state index contributed by atoms with van der Waals surface area (Å²) in [6.45, 7) is 2.54. The Labute approximate surface area is 164 Å². The van der Waals surface area contributed by atoms with Crippen molar-refractivity contribution in [2.45, 2.75) is 45.0 Å². The molecule has 1 aliphatic heterocycles. The number of nitrogens with one attached hydrogen (secondary N) is 1. The minimum Gasteiger partial charge on any atom is -0.356 e. The number of carbonyl (C=O) groups is 2. The molecule has 0 saturated carbocycles. The van der Waals surface area contributed by atoms with Crippen LogP contribution in [0.25, 0.3) is 0 Å². The molecule has 29 heavy (non-hydrogen) atoms. The Hall–Kier alpha value is -2.26. The minimum atomic E-state index is -5.03. The topological polar surface area (TPSA) is 49.4 Å². The molecule has 0 bridgehead atoms. The monoisotopic (exact) mass is 424 g/mol. The third-order valence-electron chi connectivity index (χ3n) is 4.74. The molecule has 1 atom stereocenters. The van der Waals surface area contributed by atoms with E-state index in [1.54, 1.807) is 0 Å². The van der Waals surface area contributed by atoms with Crippen molar-refractivity contribution >= 4 is 11.8 Å². The number of nitrogens with zero attached hydrogens (tertiary/aromatic N) is 1. The first-order chi connectivity index (χ1) is 13.4. The van der Waals surface area contributed by atoms with Crippen LogP contribution in [-0.4, -0.2) is 36.3 Å². The van der Waals surface area contributed by atoms with Crippen LogP contribution in [0.15, 0.2) is 18.2 Å². The molecular formula is C19H22F6N2O2. The van der Waals surface area contributed by atoms with Gasteiger partial charge in [-0.15, -0.1) is 0 Å². The van der Waals surface area contributed by atoms with Crippen molar-refractivity contribution in [3.63, 3.8) is 0 Å². The molecule has 162 valence electrons. The average molecular weight is 424 g/mol. The lowest BCUT2D eigenvalue weighted by Gasteiger charge is -2.32. The van der Waals surface area contributed by atoms with Gasteiger partial charge in [0.05, 0.1) is 17.0 Å². The van der Waals surface area contributed by atoms with E-state index < -0.39 is 40.9 Å². The second-order valence-electron chi connectivity index (χ2n) is 7.03. The highest BCUT2D eigenvalue weighted by molar-refractivity contribution is 5.95. The van der Waals surface area contributed by atoms with Crippen molar-refractivity contribution in [1.29, 1.82) is 0 Å². The van der Waals surface area contributed by atoms with Crippen LogP contribution in [0.5, 0.6) is 0 Å². The van der Waals surface area contributed by atoms with E-state index in [0.29, 0.717) is 31.5 Å². The van der Waals surface area contributed by atoms with Crippen molar-refractivity contribution in [1.82, 2.24) is 10.2 Å². The summed E-state index contributed by atoms with van der Waals surface area (Å²) in [5.41, 5.74) is -3.78. The van der Waals surface area contributed by atoms with Crippen LogP contribution in [0.1, 0.15) is 54.1 Å². The van der Waals surface area contributed by atoms with Gasteiger partial charge in [0.15, 0.2) is 0 Å². The van der Waals surface area contributed by atoms with Gasteiger partial charge in [-0.1, -0.05) is 13.3 Å². The van der Waals surface area contributed by atoms with Crippen molar-refractivity contribution in [2.75, 3.05) is 19.6 Å². The van der Waals surface area contributed by atoms with Gasteiger partial charge in [0, 0.05) is 25.2 Å². The molecule has 0 aliphatic carbocycles. The number of hydrogen-bond acceptors (Lipinski definition) is 2. The fourth-order valence-electron chi connectivity index (χ4n) is 3.17. The zero-order chi connectivity index (χ0) is 21.8. The van der Waals surface area contributed by atoms with E-state index >= 15 is 0 Å². The molecular weight excluding hydrogens is 402 g/mol. The van der Waals surface area contributed by atoms with Crippen LogP contribution in [0, 0.1) is 5.92 Å². The number of unbranched alkanes of at least 4 members (excludes halogenated alkanes) is 1. The summed E-state index contributed by atoms with van der Waals surface area (Å²) in [6.07, 6.45) is -7.46. The number of hydrogen-bond donors (Lipinski definition) is 1. The zero-order valence-corrected chi connectivity index (χ0v) is 15.8. The number of rotatable bonds is 5. The van der Waals surface area contributed by atoms with Gasteiger partial charge < -0.3 is 10.2 Å². The molecule has 0 spiro atoms. The highest BCUT2D eigenvalue weighted by atomic mass is 19.4. The third kappa shape index (κ3) is 6.11. The van der Waals surface area contributed by atoms with Crippen molar-refractivity contribution in [3.8, 4) is 0 Å². The van der Waals surface area contributed by atoms with Gasteiger partial charge in [-0.3, -0.25) is 9.59 Å². The first-order valence-electron chi connectivity index (χ1n) is 9.30. The molecule has 4 nitrogen and oxygen atoms in total. The quantitative estimate of drug-likeness (QED) is 0.559. The van der Waals surface area contributed by atoms with Crippen molar-refractivity contribution in [2.24, 2.45) is 5.92 Å². The molecule has 2 rings (SSSR count). The molecule has 0 aromatic heterocycles. The van der Waals surface area contributed by atoms with E-state index in [4.69, 9.17) is 0 Å². The van der Waals surface area contributed by atoms with E-state index in [1.807, 2.05) is 6.92 Å². The standard InChI is InChI=1S/C19H22F6N2O2/c1-2-3-6-26-16(28)12-5-4-7-27(11-12)17(29)13-8-14(18(20,21)22)10-15(9-13)19(23,24)25/h8-10,12H,2-7,11H2,1H3,(H,26,28). The Morgan fingerprint density at radius 2 is 1.66 bits per heavy atom. The lowest BCUT2D eigenvalue weighted by Crippen LogP contribution is -2.45. The number of halogens is 6. The molecule has 1 unspecified atom stereocenters. The summed E-state index contributed by atoms with van der Waals surface area (Å²) >= 11 is 0. The lowest BCUT2D eigenvalue weighted by molar-refractivity contribution is -0.143. The maximum atomic E-state index is 13.0. The van der Waals surface area contributed by atoms with Crippen LogP contribution in [0.3, 0.4) is 0 Å². The van der Waals surface area contributed by atoms with Crippen LogP contribution < -0.4 is 5.32 Å². The summed E-state index contributed by atoms with van der Waals surface area (Å²) < 4.78 is 78.1. The molecule has 1 aliphatic rings. The number of piperidine rings is 1. The lowest BCUT2D eigenvalue weighted by atomic mass is 9.95. The van der Waals surface area contributed by atoms with Crippen LogP contribution >= 0.6 is 0 Å². The number of amides is 2. The first-order valence-corrected chi connectivity index (χ1v) is 9.30. The number of likely N-dealkylation sites (tertiary alicyclic amines) is 1. The highest BCUT2D eigenvalue weighted by Crippen LogP contribution is 2.36. The minimum absolute atomic E-state index is 0.0169. The van der Waals surface area contributed by atoms with Crippen molar-refractivity contribution < 1.29 is 35.9 Å². The largest absolute Gasteiger partial charge is 0.416 e. The maximum Gasteiger partial charge on any atom is 0.416 e. The molecule has 2 amide bonds. The van der Waals surface area contributed by atoms with E-state index in [2.05, 4.69) is 5.32 Å².